The summed E-state index contributed by atoms with van der Waals surface area (Å²) in [4.78, 5) is 14.2. The molecule has 0 spiro atoms. The molecule has 1 amide bonds. The van der Waals surface area contributed by atoms with Crippen molar-refractivity contribution >= 4 is 61.0 Å². The minimum absolute atomic E-state index is 0.0645. The number of thioether (sulfide) groups is 1. The predicted octanol–water partition coefficient (Wildman–Crippen LogP) is 1.80. The molecular formula is C16H21BrN4O3S3. The number of carbonyl (C=O) groups is 1. The molecule has 1 aromatic carbocycles. The highest BCUT2D eigenvalue weighted by Crippen LogP contribution is 2.39. The molecule has 148 valence electrons. The van der Waals surface area contributed by atoms with Crippen LogP contribution in [0.3, 0.4) is 0 Å². The average Bonchev–Trinajstić information content (AvgIpc) is 2.94. The quantitative estimate of drug-likeness (QED) is 0.411. The van der Waals surface area contributed by atoms with Crippen LogP contribution in [0.1, 0.15) is 17.3 Å². The van der Waals surface area contributed by atoms with Crippen molar-refractivity contribution in [3.05, 3.63) is 45.9 Å². The van der Waals surface area contributed by atoms with E-state index in [0.29, 0.717) is 5.56 Å². The Hall–Kier alpha value is -1.14. The third-order valence-electron chi connectivity index (χ3n) is 3.99. The van der Waals surface area contributed by atoms with Crippen LogP contribution in [0.25, 0.3) is 0 Å². The smallest absolute Gasteiger partial charge is 0.257 e. The van der Waals surface area contributed by atoms with Gasteiger partial charge < -0.3 is 10.2 Å². The number of nitrogens with one attached hydrogen (secondary N) is 3. The lowest BCUT2D eigenvalue weighted by molar-refractivity contribution is 0.0976. The number of nitrogens with zero attached hydrogens (tertiary/aromatic N) is 1. The number of amides is 1. The summed E-state index contributed by atoms with van der Waals surface area (Å²) in [5.41, 5.74) is -0.517. The number of likely N-dealkylation sites (N-methyl/N-ethyl adjacent to an activating group) is 1. The molecule has 2 atom stereocenters. The van der Waals surface area contributed by atoms with Gasteiger partial charge in [-0.25, -0.2) is 13.1 Å². The van der Waals surface area contributed by atoms with Crippen LogP contribution in [-0.4, -0.2) is 55.1 Å². The monoisotopic (exact) mass is 492 g/mol. The standard InChI is InChI=1S/C16H21BrN4O3S3/c1-16(10-27(23,24)18-2,14-21(3)12(17)9-26-14)20-15(25)19-13(22)11-7-5-4-6-8-11/h4-9,14,18H,10H2,1-3H3,(H2,19,20,22,25)/t14?,16-/m0/s1. The Labute approximate surface area is 177 Å². The molecule has 1 aromatic rings. The van der Waals surface area contributed by atoms with Crippen LogP contribution in [0.2, 0.25) is 0 Å². The minimum atomic E-state index is -3.55. The van der Waals surface area contributed by atoms with Gasteiger partial charge in [0.2, 0.25) is 10.0 Å². The molecule has 11 heteroatoms. The molecule has 0 aromatic heterocycles. The lowest BCUT2D eigenvalue weighted by atomic mass is 10.0. The van der Waals surface area contributed by atoms with Crippen LogP contribution in [0, 0.1) is 0 Å². The summed E-state index contributed by atoms with van der Waals surface area (Å²) in [5, 5.41) is 7.35. The lowest BCUT2D eigenvalue weighted by Crippen LogP contribution is -2.63. The first-order valence-electron chi connectivity index (χ1n) is 7.92. The molecular weight excluding hydrogens is 472 g/mol. The third kappa shape index (κ3) is 5.67. The van der Waals surface area contributed by atoms with Gasteiger partial charge in [-0.15, -0.1) is 11.8 Å². The van der Waals surface area contributed by atoms with Gasteiger partial charge in [-0.3, -0.25) is 10.1 Å². The summed E-state index contributed by atoms with van der Waals surface area (Å²) in [6.45, 7) is 1.76. The van der Waals surface area contributed by atoms with E-state index in [1.807, 2.05) is 23.4 Å². The molecule has 1 heterocycles. The highest BCUT2D eigenvalue weighted by Gasteiger charge is 2.44. The van der Waals surface area contributed by atoms with E-state index in [0.717, 1.165) is 4.61 Å². The van der Waals surface area contributed by atoms with Crippen LogP contribution >= 0.6 is 39.9 Å². The second-order valence-corrected chi connectivity index (χ2v) is 10.3. The number of sulfonamides is 1. The molecule has 27 heavy (non-hydrogen) atoms. The number of hydrogen-bond acceptors (Lipinski definition) is 6. The van der Waals surface area contributed by atoms with Crippen LogP contribution < -0.4 is 15.4 Å². The summed E-state index contributed by atoms with van der Waals surface area (Å²) in [7, 11) is -0.329. The molecule has 3 N–H and O–H groups in total. The van der Waals surface area contributed by atoms with E-state index in [1.54, 1.807) is 31.2 Å². The first kappa shape index (κ1) is 22.2. The molecule has 0 fully saturated rings. The van der Waals surface area contributed by atoms with Gasteiger partial charge in [0, 0.05) is 18.0 Å². The molecule has 0 bridgehead atoms. The van der Waals surface area contributed by atoms with E-state index in [1.165, 1.54) is 18.8 Å². The average molecular weight is 493 g/mol. The molecule has 1 unspecified atom stereocenters. The van der Waals surface area contributed by atoms with E-state index in [4.69, 9.17) is 12.2 Å². The van der Waals surface area contributed by atoms with Gasteiger partial charge >= 0.3 is 0 Å². The molecule has 0 aliphatic carbocycles. The number of carbonyl (C=O) groups excluding carboxylic acids is 1. The number of hydrogen-bond donors (Lipinski definition) is 3. The maximum absolute atomic E-state index is 12.3. The van der Waals surface area contributed by atoms with Crippen molar-refractivity contribution < 1.29 is 13.2 Å². The van der Waals surface area contributed by atoms with Gasteiger partial charge in [0.1, 0.15) is 5.37 Å². The summed E-state index contributed by atoms with van der Waals surface area (Å²) in [5.74, 6) is -0.591. The van der Waals surface area contributed by atoms with Crippen molar-refractivity contribution in [2.75, 3.05) is 19.8 Å². The van der Waals surface area contributed by atoms with Crippen molar-refractivity contribution in [3.63, 3.8) is 0 Å². The number of benzene rings is 1. The van der Waals surface area contributed by atoms with E-state index in [2.05, 4.69) is 31.3 Å². The Balaban J connectivity index is 2.18. The Bertz CT molecular complexity index is 848. The normalized spacial score (nSPS) is 19.2. The van der Waals surface area contributed by atoms with Gasteiger partial charge in [0.25, 0.3) is 5.91 Å². The summed E-state index contributed by atoms with van der Waals surface area (Å²) >= 11 is 10.2. The Morgan fingerprint density at radius 3 is 2.52 bits per heavy atom. The summed E-state index contributed by atoms with van der Waals surface area (Å²) in [6.07, 6.45) is 0. The van der Waals surface area contributed by atoms with Gasteiger partial charge in [-0.1, -0.05) is 18.2 Å². The van der Waals surface area contributed by atoms with E-state index in [9.17, 15) is 13.2 Å². The zero-order chi connectivity index (χ0) is 20.2. The largest absolute Gasteiger partial charge is 0.354 e. The lowest BCUT2D eigenvalue weighted by Gasteiger charge is -2.40. The third-order valence-corrected chi connectivity index (χ3v) is 8.34. The van der Waals surface area contributed by atoms with Crippen LogP contribution in [-0.2, 0) is 10.0 Å². The SMILES string of the molecule is CNS(=O)(=O)C[C@](C)(NC(=S)NC(=O)c1ccccc1)C1SC=C(Br)N1C. The van der Waals surface area contributed by atoms with Crippen molar-refractivity contribution in [2.45, 2.75) is 17.8 Å². The zero-order valence-corrected chi connectivity index (χ0v) is 19.1. The van der Waals surface area contributed by atoms with E-state index in [-0.39, 0.29) is 22.1 Å². The fourth-order valence-electron chi connectivity index (χ4n) is 2.68. The molecule has 1 aliphatic rings. The minimum Gasteiger partial charge on any atom is -0.354 e. The molecule has 0 saturated carbocycles. The fourth-order valence-corrected chi connectivity index (χ4v) is 6.08. The van der Waals surface area contributed by atoms with Gasteiger partial charge in [-0.2, -0.15) is 0 Å². The van der Waals surface area contributed by atoms with Gasteiger partial charge in [0.05, 0.1) is 15.9 Å². The van der Waals surface area contributed by atoms with E-state index < -0.39 is 15.6 Å². The Morgan fingerprint density at radius 1 is 1.37 bits per heavy atom. The van der Waals surface area contributed by atoms with Crippen molar-refractivity contribution in [3.8, 4) is 0 Å². The van der Waals surface area contributed by atoms with Crippen LogP contribution in [0.15, 0.2) is 40.3 Å². The molecule has 0 saturated heterocycles. The van der Waals surface area contributed by atoms with Crippen molar-refractivity contribution in [1.82, 2.24) is 20.3 Å². The second kappa shape index (κ2) is 8.91. The topological polar surface area (TPSA) is 90.5 Å². The molecule has 7 nitrogen and oxygen atoms in total. The highest BCUT2D eigenvalue weighted by molar-refractivity contribution is 9.11. The first-order valence-corrected chi connectivity index (χ1v) is 11.7. The number of halogens is 1. The van der Waals surface area contributed by atoms with Crippen molar-refractivity contribution in [2.24, 2.45) is 0 Å². The maximum Gasteiger partial charge on any atom is 0.257 e. The maximum atomic E-state index is 12.3. The number of rotatable bonds is 6. The zero-order valence-electron chi connectivity index (χ0n) is 15.0. The highest BCUT2D eigenvalue weighted by atomic mass is 79.9. The Morgan fingerprint density at radius 2 is 2.00 bits per heavy atom. The predicted molar refractivity (Wildman–Crippen MR) is 117 cm³/mol. The first-order chi connectivity index (χ1) is 12.6. The molecule has 2 rings (SSSR count). The fraction of sp³-hybridized carbons (Fsp3) is 0.375. The molecule has 0 radical (unpaired) electrons. The molecule has 1 aliphatic heterocycles. The van der Waals surface area contributed by atoms with Crippen LogP contribution in [0.4, 0.5) is 0 Å². The van der Waals surface area contributed by atoms with Crippen LogP contribution in [0.5, 0.6) is 0 Å². The summed E-state index contributed by atoms with van der Waals surface area (Å²) < 4.78 is 27.7. The van der Waals surface area contributed by atoms with Gasteiger partial charge in [-0.05, 0) is 54.3 Å². The Kier molecular flexibility index (Phi) is 7.31. The van der Waals surface area contributed by atoms with Gasteiger partial charge in [0.15, 0.2) is 5.11 Å². The van der Waals surface area contributed by atoms with E-state index >= 15 is 0 Å². The van der Waals surface area contributed by atoms with Crippen molar-refractivity contribution in [1.29, 1.82) is 0 Å². The number of thiocarbonyl (C=S) groups is 1. The second-order valence-electron chi connectivity index (χ2n) is 6.19. The summed E-state index contributed by atoms with van der Waals surface area (Å²) in [6, 6.07) is 8.66.